The van der Waals surface area contributed by atoms with Crippen LogP contribution in [0.25, 0.3) is 10.9 Å². The van der Waals surface area contributed by atoms with Crippen molar-refractivity contribution in [3.8, 4) is 11.6 Å². The van der Waals surface area contributed by atoms with Crippen molar-refractivity contribution in [3.63, 3.8) is 0 Å². The van der Waals surface area contributed by atoms with Crippen LogP contribution in [0.15, 0.2) is 47.8 Å². The Morgan fingerprint density at radius 2 is 2.08 bits per heavy atom. The third-order valence-electron chi connectivity index (χ3n) is 3.80. The normalized spacial score (nSPS) is 11.4. The van der Waals surface area contributed by atoms with E-state index >= 15 is 0 Å². The van der Waals surface area contributed by atoms with Crippen molar-refractivity contribution < 1.29 is 14.3 Å². The monoisotopic (exact) mass is 338 g/mol. The number of aromatic nitrogens is 2. The molecule has 25 heavy (non-hydrogen) atoms. The van der Waals surface area contributed by atoms with Gasteiger partial charge in [0.1, 0.15) is 11.1 Å². The number of fused-ring (bicyclic) bond motifs is 1. The number of aldehydes is 1. The summed E-state index contributed by atoms with van der Waals surface area (Å²) in [5.41, 5.74) is 2.03. The second kappa shape index (κ2) is 7.04. The molecule has 0 atom stereocenters. The number of nitrogens with zero attached hydrogens (tertiary/aromatic N) is 3. The maximum Gasteiger partial charge on any atom is 0.213 e. The fourth-order valence-electron chi connectivity index (χ4n) is 2.46. The first-order valence-corrected chi connectivity index (χ1v) is 7.59. The van der Waals surface area contributed by atoms with E-state index in [4.69, 9.17) is 9.47 Å². The van der Waals surface area contributed by atoms with Gasteiger partial charge < -0.3 is 14.5 Å². The number of hydrogen-bond acceptors (Lipinski definition) is 6. The van der Waals surface area contributed by atoms with Crippen LogP contribution in [0.5, 0.6) is 11.6 Å². The van der Waals surface area contributed by atoms with Crippen LogP contribution in [-0.2, 0) is 0 Å². The maximum absolute atomic E-state index is 11.5. The number of methoxy groups -OCH3 is 2. The summed E-state index contributed by atoms with van der Waals surface area (Å²) < 4.78 is 10.4. The van der Waals surface area contributed by atoms with Crippen LogP contribution in [0.3, 0.4) is 0 Å². The van der Waals surface area contributed by atoms with Gasteiger partial charge in [0, 0.05) is 30.8 Å². The molecule has 0 radical (unpaired) electrons. The molecule has 0 aliphatic carbocycles. The number of anilines is 1. The summed E-state index contributed by atoms with van der Waals surface area (Å²) in [4.78, 5) is 18.7. The summed E-state index contributed by atoms with van der Waals surface area (Å²) in [5, 5.41) is 7.59. The Kier molecular flexibility index (Phi) is 4.65. The lowest BCUT2D eigenvalue weighted by Gasteiger charge is -2.14. The molecule has 3 rings (SSSR count). The van der Waals surface area contributed by atoms with E-state index in [1.54, 1.807) is 37.7 Å². The number of carbonyl (C=O) groups is 1. The Morgan fingerprint density at radius 1 is 1.24 bits per heavy atom. The smallest absolute Gasteiger partial charge is 0.213 e. The number of pyridine rings is 2. The molecule has 0 aliphatic heterocycles. The summed E-state index contributed by atoms with van der Waals surface area (Å²) in [6, 6.07) is 9.26. The average Bonchev–Trinajstić information content (AvgIpc) is 2.67. The molecule has 3 aromatic rings. The minimum Gasteiger partial charge on any atom is -0.497 e. The molecule has 0 saturated carbocycles. The van der Waals surface area contributed by atoms with Gasteiger partial charge in [0.05, 0.1) is 37.2 Å². The summed E-state index contributed by atoms with van der Waals surface area (Å²) in [6.07, 6.45) is 4.02. The molecular weight excluding hydrogens is 320 g/mol. The molecule has 0 saturated heterocycles. The van der Waals surface area contributed by atoms with E-state index < -0.39 is 0 Å². The number of benzene rings is 1. The second-order valence-electron chi connectivity index (χ2n) is 5.31. The lowest BCUT2D eigenvalue weighted by atomic mass is 10.2. The summed E-state index contributed by atoms with van der Waals surface area (Å²) >= 11 is 0. The Balaban J connectivity index is 2.20. The SMILES string of the molecule is COc1cccc(N(C)/N=c2\c(C=O)c[nH]c3cnc(OC)cc23)c1. The fourth-order valence-corrected chi connectivity index (χ4v) is 2.46. The van der Waals surface area contributed by atoms with Crippen LogP contribution >= 0.6 is 0 Å². The van der Waals surface area contributed by atoms with Crippen molar-refractivity contribution in [2.45, 2.75) is 0 Å². The van der Waals surface area contributed by atoms with Crippen molar-refractivity contribution >= 4 is 22.9 Å². The van der Waals surface area contributed by atoms with Gasteiger partial charge in [-0.05, 0) is 12.1 Å². The Hall–Kier alpha value is -3.35. The van der Waals surface area contributed by atoms with Crippen LogP contribution in [0.4, 0.5) is 5.69 Å². The van der Waals surface area contributed by atoms with Crippen LogP contribution in [0.2, 0.25) is 0 Å². The average molecular weight is 338 g/mol. The number of nitrogens with one attached hydrogen (secondary N) is 1. The molecule has 0 aliphatic rings. The first-order valence-electron chi connectivity index (χ1n) is 7.59. The fraction of sp³-hybridized carbons (Fsp3) is 0.167. The Labute approximate surface area is 144 Å². The zero-order valence-corrected chi connectivity index (χ0v) is 14.2. The van der Waals surface area contributed by atoms with Gasteiger partial charge in [-0.2, -0.15) is 5.10 Å². The van der Waals surface area contributed by atoms with E-state index in [1.165, 1.54) is 0 Å². The Morgan fingerprint density at radius 3 is 2.80 bits per heavy atom. The van der Waals surface area contributed by atoms with Gasteiger partial charge in [-0.3, -0.25) is 9.80 Å². The first kappa shape index (κ1) is 16.5. The number of H-pyrrole nitrogens is 1. The van der Waals surface area contributed by atoms with Crippen molar-refractivity contribution in [1.29, 1.82) is 0 Å². The predicted octanol–water partition coefficient (Wildman–Crippen LogP) is 2.34. The van der Waals surface area contributed by atoms with Gasteiger partial charge in [0.2, 0.25) is 5.88 Å². The highest BCUT2D eigenvalue weighted by atomic mass is 16.5. The van der Waals surface area contributed by atoms with E-state index in [0.717, 1.165) is 28.6 Å². The number of aromatic amines is 1. The van der Waals surface area contributed by atoms with E-state index in [-0.39, 0.29) is 0 Å². The molecule has 0 bridgehead atoms. The minimum absolute atomic E-state index is 0.440. The van der Waals surface area contributed by atoms with Crippen molar-refractivity contribution in [3.05, 3.63) is 53.6 Å². The third kappa shape index (κ3) is 3.30. The van der Waals surface area contributed by atoms with Crippen LogP contribution in [0, 0.1) is 0 Å². The van der Waals surface area contributed by atoms with E-state index in [9.17, 15) is 4.79 Å². The maximum atomic E-state index is 11.5. The molecular formula is C18H18N4O3. The number of rotatable bonds is 5. The molecule has 0 fully saturated rings. The zero-order chi connectivity index (χ0) is 17.8. The van der Waals surface area contributed by atoms with Gasteiger partial charge in [0.15, 0.2) is 6.29 Å². The number of carbonyl (C=O) groups excluding carboxylic acids is 1. The summed E-state index contributed by atoms with van der Waals surface area (Å²) in [7, 11) is 4.96. The van der Waals surface area contributed by atoms with Crippen molar-refractivity contribution in [2.75, 3.05) is 26.3 Å². The molecule has 0 spiro atoms. The van der Waals surface area contributed by atoms with E-state index in [0.29, 0.717) is 16.8 Å². The van der Waals surface area contributed by atoms with Gasteiger partial charge in [-0.15, -0.1) is 0 Å². The second-order valence-corrected chi connectivity index (χ2v) is 5.31. The highest BCUT2D eigenvalue weighted by molar-refractivity contribution is 5.85. The van der Waals surface area contributed by atoms with Crippen LogP contribution in [0.1, 0.15) is 10.4 Å². The lowest BCUT2D eigenvalue weighted by Crippen LogP contribution is -2.20. The minimum atomic E-state index is 0.440. The topological polar surface area (TPSA) is 79.8 Å². The number of hydrogen-bond donors (Lipinski definition) is 1. The molecule has 0 unspecified atom stereocenters. The summed E-state index contributed by atoms with van der Waals surface area (Å²) in [6.45, 7) is 0. The van der Waals surface area contributed by atoms with Gasteiger partial charge in [-0.25, -0.2) is 4.98 Å². The Bertz CT molecular complexity index is 981. The molecule has 7 nitrogen and oxygen atoms in total. The molecule has 2 aromatic heterocycles. The molecule has 2 heterocycles. The molecule has 0 amide bonds. The van der Waals surface area contributed by atoms with Gasteiger partial charge >= 0.3 is 0 Å². The molecule has 128 valence electrons. The van der Waals surface area contributed by atoms with Crippen molar-refractivity contribution in [2.24, 2.45) is 5.10 Å². The zero-order valence-electron chi connectivity index (χ0n) is 14.2. The third-order valence-corrected chi connectivity index (χ3v) is 3.80. The van der Waals surface area contributed by atoms with Gasteiger partial charge in [0.25, 0.3) is 0 Å². The van der Waals surface area contributed by atoms with E-state index in [1.807, 2.05) is 31.3 Å². The van der Waals surface area contributed by atoms with Crippen molar-refractivity contribution in [1.82, 2.24) is 9.97 Å². The lowest BCUT2D eigenvalue weighted by molar-refractivity contribution is 0.112. The molecule has 1 aromatic carbocycles. The van der Waals surface area contributed by atoms with E-state index in [2.05, 4.69) is 15.1 Å². The first-order chi connectivity index (χ1) is 12.2. The standard InChI is InChI=1S/C18H18N4O3/c1-22(13-5-4-6-14(7-13)24-2)21-18-12(11-23)9-19-16-10-20-17(25-3)8-15(16)18/h4-11H,1-3H3,(H,19,21). The quantitative estimate of drug-likeness (QED) is 0.570. The highest BCUT2D eigenvalue weighted by Crippen LogP contribution is 2.20. The predicted molar refractivity (Wildman–Crippen MR) is 95.0 cm³/mol. The van der Waals surface area contributed by atoms with Gasteiger partial charge in [-0.1, -0.05) is 6.07 Å². The molecule has 1 N–H and O–H groups in total. The largest absolute Gasteiger partial charge is 0.497 e. The van der Waals surface area contributed by atoms with Crippen LogP contribution in [-0.4, -0.2) is 37.5 Å². The van der Waals surface area contributed by atoms with Crippen LogP contribution < -0.4 is 19.8 Å². The summed E-state index contributed by atoms with van der Waals surface area (Å²) in [5.74, 6) is 1.18. The number of ether oxygens (including phenoxy) is 2. The molecule has 7 heteroatoms. The highest BCUT2D eigenvalue weighted by Gasteiger charge is 2.08.